The van der Waals surface area contributed by atoms with Crippen LogP contribution in [0.4, 0.5) is 0 Å². The Labute approximate surface area is 259 Å². The van der Waals surface area contributed by atoms with E-state index in [4.69, 9.17) is 28.1 Å². The number of rotatable bonds is 14. The van der Waals surface area contributed by atoms with E-state index in [9.17, 15) is 4.79 Å². The Morgan fingerprint density at radius 3 is 1.98 bits per heavy atom. The molecule has 2 aromatic carbocycles. The molecule has 0 N–H and O–H groups in total. The molecule has 0 unspecified atom stereocenters. The van der Waals surface area contributed by atoms with Gasteiger partial charge in [-0.15, -0.1) is 0 Å². The van der Waals surface area contributed by atoms with Crippen LogP contribution in [0.5, 0.6) is 0 Å². The highest BCUT2D eigenvalue weighted by Crippen LogP contribution is 2.41. The van der Waals surface area contributed by atoms with Crippen LogP contribution < -0.4 is 10.4 Å². The summed E-state index contributed by atoms with van der Waals surface area (Å²) in [5.74, 6) is -1.28. The maximum absolute atomic E-state index is 12.2. The summed E-state index contributed by atoms with van der Waals surface area (Å²) in [6.45, 7) is 14.9. The number of unbranched alkanes of at least 4 members (excludes halogenated alkanes) is 5. The van der Waals surface area contributed by atoms with Crippen molar-refractivity contribution in [1.82, 2.24) is 0 Å². The molecule has 5 atom stereocenters. The minimum absolute atomic E-state index is 0.190. The predicted octanol–water partition coefficient (Wildman–Crippen LogP) is 6.12. The largest absolute Gasteiger partial charge is 0.454 e. The van der Waals surface area contributed by atoms with Crippen molar-refractivity contribution >= 4 is 24.7 Å². The normalized spacial score (nSPS) is 25.3. The molecule has 7 nitrogen and oxygen atoms in total. The van der Waals surface area contributed by atoms with E-state index in [1.54, 1.807) is 0 Å². The molecular weight excluding hydrogens is 560 g/mol. The zero-order valence-electron chi connectivity index (χ0n) is 27.2. The first-order valence-electron chi connectivity index (χ1n) is 16.0. The summed E-state index contributed by atoms with van der Waals surface area (Å²) >= 11 is 0. The number of benzene rings is 2. The van der Waals surface area contributed by atoms with Crippen LogP contribution >= 0.6 is 0 Å². The predicted molar refractivity (Wildman–Crippen MR) is 171 cm³/mol. The van der Waals surface area contributed by atoms with E-state index in [-0.39, 0.29) is 11.6 Å². The highest BCUT2D eigenvalue weighted by molar-refractivity contribution is 6.99. The van der Waals surface area contributed by atoms with Crippen LogP contribution in [-0.2, 0) is 32.9 Å². The number of hydrogen-bond acceptors (Lipinski definition) is 7. The summed E-state index contributed by atoms with van der Waals surface area (Å²) in [6, 6.07) is 21.1. The molecule has 2 aliphatic heterocycles. The topological polar surface area (TPSA) is 72.5 Å². The fourth-order valence-corrected chi connectivity index (χ4v) is 11.0. The van der Waals surface area contributed by atoms with Crippen molar-refractivity contribution in [3.63, 3.8) is 0 Å². The summed E-state index contributed by atoms with van der Waals surface area (Å²) in [7, 11) is -2.83. The summed E-state index contributed by atoms with van der Waals surface area (Å²) in [4.78, 5) is 12.2. The van der Waals surface area contributed by atoms with E-state index in [2.05, 4.69) is 76.2 Å². The van der Waals surface area contributed by atoms with Gasteiger partial charge in [0, 0.05) is 13.5 Å². The van der Waals surface area contributed by atoms with Gasteiger partial charge in [-0.3, -0.25) is 4.79 Å². The van der Waals surface area contributed by atoms with Gasteiger partial charge < -0.3 is 28.1 Å². The SMILES string of the molecule is CCCCCCCCO[C@H]1O[C@H](CO[Si](c2ccccc2)(c2ccccc2)C(C)(C)C)[C@@H]2OC(C)(C)O[C@@H]2[C@@H]1OC(C)=O. The minimum atomic E-state index is -2.83. The van der Waals surface area contributed by atoms with E-state index in [1.807, 2.05) is 26.0 Å². The van der Waals surface area contributed by atoms with Crippen LogP contribution in [-0.4, -0.2) is 64.0 Å². The van der Waals surface area contributed by atoms with E-state index in [1.165, 1.54) is 43.0 Å². The van der Waals surface area contributed by atoms with Crippen molar-refractivity contribution in [2.75, 3.05) is 13.2 Å². The van der Waals surface area contributed by atoms with Gasteiger partial charge in [0.1, 0.15) is 18.3 Å². The van der Waals surface area contributed by atoms with Gasteiger partial charge in [0.05, 0.1) is 6.61 Å². The molecule has 0 radical (unpaired) electrons. The lowest BCUT2D eigenvalue weighted by molar-refractivity contribution is -0.285. The number of carbonyl (C=O) groups is 1. The van der Waals surface area contributed by atoms with E-state index in [0.29, 0.717) is 6.61 Å². The molecule has 2 aromatic rings. The Bertz CT molecular complexity index is 1090. The Morgan fingerprint density at radius 1 is 0.860 bits per heavy atom. The molecule has 2 saturated heterocycles. The molecule has 0 aliphatic carbocycles. The number of carbonyl (C=O) groups excluding carboxylic acids is 1. The molecule has 0 aromatic heterocycles. The van der Waals surface area contributed by atoms with Gasteiger partial charge in [-0.1, -0.05) is 120 Å². The van der Waals surface area contributed by atoms with Crippen LogP contribution in [0.1, 0.15) is 87.0 Å². The van der Waals surface area contributed by atoms with Gasteiger partial charge in [-0.25, -0.2) is 0 Å². The second-order valence-electron chi connectivity index (χ2n) is 13.3. The lowest BCUT2D eigenvalue weighted by Crippen LogP contribution is -2.68. The first kappa shape index (κ1) is 33.8. The Hall–Kier alpha value is -2.07. The van der Waals surface area contributed by atoms with Gasteiger partial charge in [0.2, 0.25) is 0 Å². The van der Waals surface area contributed by atoms with E-state index >= 15 is 0 Å². The summed E-state index contributed by atoms with van der Waals surface area (Å²) < 4.78 is 38.7. The third kappa shape index (κ3) is 8.15. The molecule has 238 valence electrons. The smallest absolute Gasteiger partial charge is 0.303 e. The first-order chi connectivity index (χ1) is 20.5. The molecule has 0 saturated carbocycles. The summed E-state index contributed by atoms with van der Waals surface area (Å²) in [5, 5.41) is 2.20. The quantitative estimate of drug-likeness (QED) is 0.145. The fraction of sp³-hybridized carbons (Fsp3) is 0.629. The number of esters is 1. The van der Waals surface area contributed by atoms with Gasteiger partial charge in [0.15, 0.2) is 18.2 Å². The molecule has 0 amide bonds. The Kier molecular flexibility index (Phi) is 11.6. The Morgan fingerprint density at radius 2 is 1.42 bits per heavy atom. The van der Waals surface area contributed by atoms with Crippen LogP contribution in [0.3, 0.4) is 0 Å². The molecule has 4 rings (SSSR count). The van der Waals surface area contributed by atoms with Crippen molar-refractivity contribution in [3.8, 4) is 0 Å². The maximum Gasteiger partial charge on any atom is 0.303 e. The fourth-order valence-electron chi connectivity index (χ4n) is 6.47. The average molecular weight is 613 g/mol. The second kappa shape index (κ2) is 14.8. The van der Waals surface area contributed by atoms with Crippen LogP contribution in [0.2, 0.25) is 5.04 Å². The lowest BCUT2D eigenvalue weighted by atomic mass is 9.99. The van der Waals surface area contributed by atoms with E-state index in [0.717, 1.165) is 12.8 Å². The molecule has 2 aliphatic rings. The third-order valence-electron chi connectivity index (χ3n) is 8.39. The molecule has 8 heteroatoms. The molecule has 0 bridgehead atoms. The summed E-state index contributed by atoms with van der Waals surface area (Å²) in [6.07, 6.45) is 3.83. The average Bonchev–Trinajstić information content (AvgIpc) is 3.30. The standard InChI is InChI=1S/C35H52O7Si/c1-8-9-10-11-12-19-24-37-33-32(39-26(2)36)31-30(41-35(6,7)42-31)29(40-33)25-38-43(34(3,4)5,27-20-15-13-16-21-27)28-22-17-14-18-23-28/h13-18,20-23,29-33H,8-12,19,24-25H2,1-7H3/t29-,30+,31+,32+,33+/m1/s1. The molecule has 2 fully saturated rings. The van der Waals surface area contributed by atoms with Crippen molar-refractivity contribution in [2.45, 2.75) is 129 Å². The van der Waals surface area contributed by atoms with Gasteiger partial charge >= 0.3 is 5.97 Å². The van der Waals surface area contributed by atoms with E-state index < -0.39 is 50.8 Å². The van der Waals surface area contributed by atoms with Crippen molar-refractivity contribution in [3.05, 3.63) is 60.7 Å². The van der Waals surface area contributed by atoms with Crippen molar-refractivity contribution in [1.29, 1.82) is 0 Å². The zero-order chi connectivity index (χ0) is 31.1. The zero-order valence-corrected chi connectivity index (χ0v) is 28.2. The first-order valence-corrected chi connectivity index (χ1v) is 17.9. The lowest BCUT2D eigenvalue weighted by Gasteiger charge is -2.46. The van der Waals surface area contributed by atoms with Gasteiger partial charge in [-0.2, -0.15) is 0 Å². The molecule has 2 heterocycles. The van der Waals surface area contributed by atoms with Gasteiger partial charge in [-0.05, 0) is 35.7 Å². The third-order valence-corrected chi connectivity index (χ3v) is 13.4. The number of ether oxygens (including phenoxy) is 5. The second-order valence-corrected chi connectivity index (χ2v) is 17.6. The van der Waals surface area contributed by atoms with Crippen LogP contribution in [0.15, 0.2) is 60.7 Å². The van der Waals surface area contributed by atoms with Crippen molar-refractivity contribution in [2.24, 2.45) is 0 Å². The van der Waals surface area contributed by atoms with Gasteiger partial charge in [0.25, 0.3) is 8.32 Å². The molecule has 0 spiro atoms. The van der Waals surface area contributed by atoms with Crippen LogP contribution in [0, 0.1) is 0 Å². The molecular formula is C35H52O7Si. The van der Waals surface area contributed by atoms with Crippen molar-refractivity contribution < 1.29 is 32.9 Å². The summed E-state index contributed by atoms with van der Waals surface area (Å²) in [5.41, 5.74) is 0. The highest BCUT2D eigenvalue weighted by Gasteiger charge is 2.58. The monoisotopic (exact) mass is 612 g/mol. The van der Waals surface area contributed by atoms with Crippen LogP contribution in [0.25, 0.3) is 0 Å². The maximum atomic E-state index is 12.2. The number of fused-ring (bicyclic) bond motifs is 1. The molecule has 43 heavy (non-hydrogen) atoms. The highest BCUT2D eigenvalue weighted by atomic mass is 28.4. The Balaban J connectivity index is 1.61. The minimum Gasteiger partial charge on any atom is -0.454 e. The number of hydrogen-bond donors (Lipinski definition) is 0.